The van der Waals surface area contributed by atoms with Gasteiger partial charge < -0.3 is 5.32 Å². The normalized spacial score (nSPS) is 11.8. The molecule has 1 nitrogen and oxygen atoms in total. The van der Waals surface area contributed by atoms with Crippen LogP contribution in [-0.2, 0) is 0 Å². The summed E-state index contributed by atoms with van der Waals surface area (Å²) >= 11 is 0. The summed E-state index contributed by atoms with van der Waals surface area (Å²) < 4.78 is 0. The van der Waals surface area contributed by atoms with Gasteiger partial charge in [-0.15, -0.1) is 11.8 Å². The highest BCUT2D eigenvalue weighted by atomic mass is 14.9. The van der Waals surface area contributed by atoms with Crippen molar-refractivity contribution in [3.05, 3.63) is 34.9 Å². The van der Waals surface area contributed by atoms with E-state index in [4.69, 9.17) is 0 Å². The van der Waals surface area contributed by atoms with Crippen LogP contribution in [-0.4, -0.2) is 6.54 Å². The van der Waals surface area contributed by atoms with Crippen LogP contribution in [0.5, 0.6) is 0 Å². The molecule has 0 saturated carbocycles. The van der Waals surface area contributed by atoms with Crippen molar-refractivity contribution in [3.8, 4) is 11.8 Å². The molecule has 1 N–H and O–H groups in total. The van der Waals surface area contributed by atoms with Gasteiger partial charge in [0.1, 0.15) is 0 Å². The van der Waals surface area contributed by atoms with Crippen molar-refractivity contribution in [1.82, 2.24) is 5.32 Å². The number of hydrogen-bond donors (Lipinski definition) is 1. The molecule has 1 aromatic carbocycles. The maximum atomic E-state index is 3.62. The van der Waals surface area contributed by atoms with Crippen molar-refractivity contribution in [2.75, 3.05) is 6.54 Å². The smallest absolute Gasteiger partial charge is 0.0329 e. The Hall–Kier alpha value is -1.26. The van der Waals surface area contributed by atoms with E-state index < -0.39 is 0 Å². The summed E-state index contributed by atoms with van der Waals surface area (Å²) in [7, 11) is 0. The van der Waals surface area contributed by atoms with Crippen molar-refractivity contribution in [2.24, 2.45) is 0 Å². The third-order valence-corrected chi connectivity index (χ3v) is 3.31. The lowest BCUT2D eigenvalue weighted by Gasteiger charge is -2.19. The predicted molar refractivity (Wildman–Crippen MR) is 79.6 cm³/mol. The Morgan fingerprint density at radius 2 is 2.00 bits per heavy atom. The number of nitrogens with one attached hydrogen (secondary N) is 1. The molecule has 0 bridgehead atoms. The lowest BCUT2D eigenvalue weighted by Crippen LogP contribution is -2.22. The molecular weight excluding hydrogens is 218 g/mol. The third kappa shape index (κ3) is 4.55. The van der Waals surface area contributed by atoms with Crippen molar-refractivity contribution in [3.63, 3.8) is 0 Å². The van der Waals surface area contributed by atoms with Crippen LogP contribution in [0.2, 0.25) is 0 Å². The number of aryl methyl sites for hydroxylation is 2. The monoisotopic (exact) mass is 243 g/mol. The third-order valence-electron chi connectivity index (χ3n) is 3.31. The van der Waals surface area contributed by atoms with E-state index in [1.165, 1.54) is 23.1 Å². The van der Waals surface area contributed by atoms with Crippen molar-refractivity contribution >= 4 is 0 Å². The first-order chi connectivity index (χ1) is 8.69. The Balaban J connectivity index is 2.78. The quantitative estimate of drug-likeness (QED) is 0.740. The van der Waals surface area contributed by atoms with E-state index in [1.54, 1.807) is 0 Å². The fourth-order valence-electron chi connectivity index (χ4n) is 2.03. The maximum Gasteiger partial charge on any atom is 0.0329 e. The fourth-order valence-corrected chi connectivity index (χ4v) is 2.03. The fraction of sp³-hybridized carbons (Fsp3) is 0.529. The van der Waals surface area contributed by atoms with Crippen LogP contribution in [0.4, 0.5) is 0 Å². The van der Waals surface area contributed by atoms with E-state index in [9.17, 15) is 0 Å². The lowest BCUT2D eigenvalue weighted by molar-refractivity contribution is 0.505. The molecule has 1 unspecified atom stereocenters. The minimum atomic E-state index is 0.435. The Morgan fingerprint density at radius 3 is 2.61 bits per heavy atom. The summed E-state index contributed by atoms with van der Waals surface area (Å²) in [6.07, 6.45) is 3.22. The van der Waals surface area contributed by atoms with Crippen LogP contribution in [0, 0.1) is 25.7 Å². The minimum Gasteiger partial charge on any atom is -0.310 e. The van der Waals surface area contributed by atoms with Gasteiger partial charge in [-0.05, 0) is 56.8 Å². The minimum absolute atomic E-state index is 0.435. The summed E-state index contributed by atoms with van der Waals surface area (Å²) in [5, 5.41) is 3.62. The van der Waals surface area contributed by atoms with E-state index in [0.29, 0.717) is 6.04 Å². The molecule has 0 spiro atoms. The van der Waals surface area contributed by atoms with Gasteiger partial charge >= 0.3 is 0 Å². The van der Waals surface area contributed by atoms with E-state index in [0.717, 1.165) is 19.4 Å². The van der Waals surface area contributed by atoms with Gasteiger partial charge in [0.2, 0.25) is 0 Å². The highest BCUT2D eigenvalue weighted by Crippen LogP contribution is 2.21. The lowest BCUT2D eigenvalue weighted by atomic mass is 9.98. The second-order valence-corrected chi connectivity index (χ2v) is 4.82. The first-order valence-corrected chi connectivity index (χ1v) is 6.89. The molecule has 0 fully saturated rings. The summed E-state index contributed by atoms with van der Waals surface area (Å²) in [4.78, 5) is 0. The van der Waals surface area contributed by atoms with Crippen LogP contribution < -0.4 is 5.32 Å². The van der Waals surface area contributed by atoms with Gasteiger partial charge in [-0.25, -0.2) is 0 Å². The Kier molecular flexibility index (Phi) is 6.54. The zero-order chi connectivity index (χ0) is 13.4. The van der Waals surface area contributed by atoms with Gasteiger partial charge in [0.05, 0.1) is 0 Å². The molecule has 1 rings (SSSR count). The van der Waals surface area contributed by atoms with E-state index in [2.05, 4.69) is 56.1 Å². The molecule has 0 aliphatic rings. The Morgan fingerprint density at radius 1 is 1.22 bits per heavy atom. The molecule has 0 aliphatic heterocycles. The molecule has 1 aromatic rings. The van der Waals surface area contributed by atoms with Gasteiger partial charge in [0, 0.05) is 12.5 Å². The average Bonchev–Trinajstić information content (AvgIpc) is 2.37. The molecule has 1 heteroatoms. The van der Waals surface area contributed by atoms with Crippen LogP contribution in [0.15, 0.2) is 18.2 Å². The zero-order valence-electron chi connectivity index (χ0n) is 12.1. The molecule has 0 radical (unpaired) electrons. The maximum absolute atomic E-state index is 3.62. The van der Waals surface area contributed by atoms with Gasteiger partial charge in [-0.3, -0.25) is 0 Å². The average molecular weight is 243 g/mol. The highest BCUT2D eigenvalue weighted by Gasteiger charge is 2.10. The molecule has 0 saturated heterocycles. The number of benzene rings is 1. The molecular formula is C17H25N. The molecule has 1 atom stereocenters. The summed E-state index contributed by atoms with van der Waals surface area (Å²) in [5.41, 5.74) is 4.13. The van der Waals surface area contributed by atoms with Gasteiger partial charge in [-0.2, -0.15) is 0 Å². The SMILES string of the molecule is CC#CCCC(NCCC)c1ccc(C)c(C)c1. The van der Waals surface area contributed by atoms with Gasteiger partial charge in [0.25, 0.3) is 0 Å². The Labute approximate surface area is 112 Å². The van der Waals surface area contributed by atoms with Crippen molar-refractivity contribution in [1.29, 1.82) is 0 Å². The summed E-state index contributed by atoms with van der Waals surface area (Å²) in [5.74, 6) is 6.13. The van der Waals surface area contributed by atoms with E-state index >= 15 is 0 Å². The van der Waals surface area contributed by atoms with E-state index in [-0.39, 0.29) is 0 Å². The number of rotatable bonds is 6. The molecule has 0 aliphatic carbocycles. The predicted octanol–water partition coefficient (Wildman–Crippen LogP) is 4.15. The van der Waals surface area contributed by atoms with Crippen molar-refractivity contribution in [2.45, 2.75) is 53.0 Å². The molecule has 0 aromatic heterocycles. The van der Waals surface area contributed by atoms with Crippen molar-refractivity contribution < 1.29 is 0 Å². The van der Waals surface area contributed by atoms with Crippen LogP contribution >= 0.6 is 0 Å². The topological polar surface area (TPSA) is 12.0 Å². The van der Waals surface area contributed by atoms with Crippen LogP contribution in [0.3, 0.4) is 0 Å². The van der Waals surface area contributed by atoms with Crippen LogP contribution in [0.1, 0.15) is 55.8 Å². The first-order valence-electron chi connectivity index (χ1n) is 6.89. The highest BCUT2D eigenvalue weighted by molar-refractivity contribution is 5.31. The van der Waals surface area contributed by atoms with Gasteiger partial charge in [0.15, 0.2) is 0 Å². The molecule has 98 valence electrons. The summed E-state index contributed by atoms with van der Waals surface area (Å²) in [6, 6.07) is 7.21. The number of hydrogen-bond acceptors (Lipinski definition) is 1. The zero-order valence-corrected chi connectivity index (χ0v) is 12.1. The molecule has 0 amide bonds. The van der Waals surface area contributed by atoms with E-state index in [1.807, 2.05) is 6.92 Å². The molecule has 0 heterocycles. The van der Waals surface area contributed by atoms with Gasteiger partial charge in [-0.1, -0.05) is 25.1 Å². The molecule has 18 heavy (non-hydrogen) atoms. The largest absolute Gasteiger partial charge is 0.310 e. The Bertz CT molecular complexity index is 423. The summed E-state index contributed by atoms with van der Waals surface area (Å²) in [6.45, 7) is 9.52. The second-order valence-electron chi connectivity index (χ2n) is 4.82. The van der Waals surface area contributed by atoms with Crippen LogP contribution in [0.25, 0.3) is 0 Å². The first kappa shape index (κ1) is 14.8. The second kappa shape index (κ2) is 7.95. The standard InChI is InChI=1S/C17H25N/c1-5-7-8-9-17(18-12-6-2)16-11-10-14(3)15(4)13-16/h10-11,13,17-18H,6,8-9,12H2,1-4H3.